The van der Waals surface area contributed by atoms with Crippen LogP contribution in [0.4, 0.5) is 5.82 Å². The molecule has 0 saturated carbocycles. The van der Waals surface area contributed by atoms with Crippen LogP contribution in [0.3, 0.4) is 0 Å². The van der Waals surface area contributed by atoms with Crippen LogP contribution in [0.1, 0.15) is 21.7 Å². The first kappa shape index (κ1) is 17.8. The molecule has 1 aromatic carbocycles. The fourth-order valence-electron chi connectivity index (χ4n) is 2.80. The zero-order valence-corrected chi connectivity index (χ0v) is 15.7. The monoisotopic (exact) mass is 450 g/mol. The molecule has 7 heteroatoms. The second kappa shape index (κ2) is 8.39. The Kier molecular flexibility index (Phi) is 5.98. The Labute approximate surface area is 160 Å². The Balaban J connectivity index is 1.55. The van der Waals surface area contributed by atoms with Crippen molar-refractivity contribution in [3.63, 3.8) is 0 Å². The number of carboxylic acid groups (broad SMARTS) is 1. The van der Waals surface area contributed by atoms with E-state index in [4.69, 9.17) is 5.11 Å². The summed E-state index contributed by atoms with van der Waals surface area (Å²) < 4.78 is 0.361. The summed E-state index contributed by atoms with van der Waals surface area (Å²) in [5, 5.41) is 12.0. The third kappa shape index (κ3) is 4.99. The number of aliphatic carboxylic acids is 1. The number of nitrogens with zero attached hydrogens (tertiary/aromatic N) is 3. The number of benzene rings is 1. The van der Waals surface area contributed by atoms with Gasteiger partial charge < -0.3 is 10.4 Å². The molecule has 3 rings (SSSR count). The zero-order valence-electron chi connectivity index (χ0n) is 13.5. The Morgan fingerprint density at radius 2 is 2.12 bits per heavy atom. The molecule has 0 radical (unpaired) electrons. The SMILES string of the molecule is O=C(O)C=Cc1cnc(N[C@@H]2CCN(C(I)c3ccccc3)C2)cn1. The Morgan fingerprint density at radius 3 is 2.80 bits per heavy atom. The molecule has 25 heavy (non-hydrogen) atoms. The maximum absolute atomic E-state index is 10.5. The normalized spacial score (nSPS) is 19.2. The first-order chi connectivity index (χ1) is 12.1. The molecule has 1 aliphatic heterocycles. The number of hydrogen-bond acceptors (Lipinski definition) is 5. The Morgan fingerprint density at radius 1 is 1.32 bits per heavy atom. The molecular weight excluding hydrogens is 431 g/mol. The summed E-state index contributed by atoms with van der Waals surface area (Å²) >= 11 is 2.48. The molecule has 6 nitrogen and oxygen atoms in total. The molecule has 1 aromatic heterocycles. The summed E-state index contributed by atoms with van der Waals surface area (Å²) in [6, 6.07) is 10.8. The van der Waals surface area contributed by atoms with Gasteiger partial charge in [0.05, 0.1) is 22.1 Å². The van der Waals surface area contributed by atoms with E-state index >= 15 is 0 Å². The van der Waals surface area contributed by atoms with Crippen LogP contribution in [-0.2, 0) is 4.79 Å². The van der Waals surface area contributed by atoms with Gasteiger partial charge in [0.15, 0.2) is 0 Å². The first-order valence-corrected chi connectivity index (χ1v) is 9.29. The molecule has 1 aliphatic rings. The van der Waals surface area contributed by atoms with Gasteiger partial charge in [-0.25, -0.2) is 9.78 Å². The zero-order chi connectivity index (χ0) is 17.6. The van der Waals surface area contributed by atoms with Crippen molar-refractivity contribution in [2.24, 2.45) is 0 Å². The van der Waals surface area contributed by atoms with Gasteiger partial charge in [0.1, 0.15) is 5.82 Å². The molecule has 130 valence electrons. The number of likely N-dealkylation sites (tertiary alicyclic amines) is 1. The van der Waals surface area contributed by atoms with Crippen LogP contribution in [-0.4, -0.2) is 45.1 Å². The van der Waals surface area contributed by atoms with E-state index in [-0.39, 0.29) is 0 Å². The van der Waals surface area contributed by atoms with Gasteiger partial charge in [0.25, 0.3) is 0 Å². The highest BCUT2D eigenvalue weighted by molar-refractivity contribution is 14.1. The quantitative estimate of drug-likeness (QED) is 0.305. The molecule has 2 aromatic rings. The van der Waals surface area contributed by atoms with Crippen molar-refractivity contribution in [3.8, 4) is 0 Å². The van der Waals surface area contributed by atoms with Crippen molar-refractivity contribution in [1.82, 2.24) is 14.9 Å². The van der Waals surface area contributed by atoms with Crippen molar-refractivity contribution >= 4 is 40.5 Å². The van der Waals surface area contributed by atoms with Crippen molar-refractivity contribution in [2.45, 2.75) is 16.5 Å². The van der Waals surface area contributed by atoms with Crippen LogP contribution < -0.4 is 5.32 Å². The van der Waals surface area contributed by atoms with Crippen molar-refractivity contribution in [1.29, 1.82) is 0 Å². The smallest absolute Gasteiger partial charge is 0.328 e. The van der Waals surface area contributed by atoms with E-state index in [0.29, 0.717) is 21.6 Å². The minimum absolute atomic E-state index is 0.329. The third-order valence-electron chi connectivity index (χ3n) is 4.04. The molecule has 2 heterocycles. The minimum Gasteiger partial charge on any atom is -0.478 e. The number of carboxylic acids is 1. The van der Waals surface area contributed by atoms with E-state index in [1.807, 2.05) is 6.07 Å². The number of aromatic nitrogens is 2. The van der Waals surface area contributed by atoms with Crippen LogP contribution in [0.5, 0.6) is 0 Å². The summed E-state index contributed by atoms with van der Waals surface area (Å²) in [7, 11) is 0. The van der Waals surface area contributed by atoms with Crippen LogP contribution in [0.25, 0.3) is 6.08 Å². The summed E-state index contributed by atoms with van der Waals surface area (Å²) in [6.07, 6.45) is 6.74. The van der Waals surface area contributed by atoms with Gasteiger partial charge in [-0.05, 0) is 18.1 Å². The third-order valence-corrected chi connectivity index (χ3v) is 5.54. The largest absolute Gasteiger partial charge is 0.478 e. The summed E-state index contributed by atoms with van der Waals surface area (Å²) in [6.45, 7) is 1.98. The number of nitrogens with one attached hydrogen (secondary N) is 1. The summed E-state index contributed by atoms with van der Waals surface area (Å²) in [5.74, 6) is -0.286. The van der Waals surface area contributed by atoms with Gasteiger partial charge in [0, 0.05) is 25.2 Å². The highest BCUT2D eigenvalue weighted by atomic mass is 127. The van der Waals surface area contributed by atoms with Crippen LogP contribution >= 0.6 is 22.6 Å². The Bertz CT molecular complexity index is 737. The molecule has 0 spiro atoms. The molecule has 0 bridgehead atoms. The van der Waals surface area contributed by atoms with Crippen molar-refractivity contribution in [3.05, 3.63) is 60.1 Å². The number of hydrogen-bond donors (Lipinski definition) is 2. The van der Waals surface area contributed by atoms with Gasteiger partial charge in [-0.1, -0.05) is 52.9 Å². The van der Waals surface area contributed by atoms with Crippen LogP contribution in [0.15, 0.2) is 48.8 Å². The van der Waals surface area contributed by atoms with E-state index in [1.165, 1.54) is 11.6 Å². The standard InChI is InChI=1S/C18H19IN4O2/c19-18(13-4-2-1-3-5-13)23-9-8-15(12-23)22-16-11-20-14(10-21-16)6-7-17(24)25/h1-7,10-11,15,18H,8-9,12H2,(H,21,22)(H,24,25)/t15-,18?/m1/s1. The number of halogens is 1. The van der Waals surface area contributed by atoms with E-state index in [2.05, 4.69) is 67.0 Å². The van der Waals surface area contributed by atoms with Crippen LogP contribution in [0.2, 0.25) is 0 Å². The second-order valence-corrected chi connectivity index (χ2v) is 7.05. The van der Waals surface area contributed by atoms with Crippen molar-refractivity contribution < 1.29 is 9.90 Å². The lowest BCUT2D eigenvalue weighted by molar-refractivity contribution is -0.131. The highest BCUT2D eigenvalue weighted by Gasteiger charge is 2.27. The van der Waals surface area contributed by atoms with Gasteiger partial charge >= 0.3 is 5.97 Å². The highest BCUT2D eigenvalue weighted by Crippen LogP contribution is 2.31. The fourth-order valence-corrected chi connectivity index (χ4v) is 3.72. The van der Waals surface area contributed by atoms with E-state index < -0.39 is 5.97 Å². The van der Waals surface area contributed by atoms with E-state index in [1.54, 1.807) is 12.4 Å². The number of rotatable bonds is 6. The number of alkyl halides is 1. The maximum atomic E-state index is 10.5. The fraction of sp³-hybridized carbons (Fsp3) is 0.278. The maximum Gasteiger partial charge on any atom is 0.328 e. The summed E-state index contributed by atoms with van der Waals surface area (Å²) in [4.78, 5) is 21.5. The van der Waals surface area contributed by atoms with Crippen LogP contribution in [0, 0.1) is 0 Å². The lowest BCUT2D eigenvalue weighted by Crippen LogP contribution is -2.27. The van der Waals surface area contributed by atoms with Gasteiger partial charge in [-0.15, -0.1) is 0 Å². The lowest BCUT2D eigenvalue weighted by Gasteiger charge is -2.23. The van der Waals surface area contributed by atoms with Gasteiger partial charge in [-0.3, -0.25) is 9.88 Å². The molecule has 1 saturated heterocycles. The molecule has 0 amide bonds. The van der Waals surface area contributed by atoms with E-state index in [0.717, 1.165) is 25.6 Å². The molecule has 1 fully saturated rings. The molecule has 2 N–H and O–H groups in total. The molecule has 0 aliphatic carbocycles. The number of carbonyl (C=O) groups is 1. The average Bonchev–Trinajstić information content (AvgIpc) is 3.09. The average molecular weight is 450 g/mol. The topological polar surface area (TPSA) is 78.3 Å². The van der Waals surface area contributed by atoms with Gasteiger partial charge in [0.2, 0.25) is 0 Å². The van der Waals surface area contributed by atoms with E-state index in [9.17, 15) is 4.79 Å². The number of anilines is 1. The molecular formula is C18H19IN4O2. The van der Waals surface area contributed by atoms with Crippen molar-refractivity contribution in [2.75, 3.05) is 18.4 Å². The second-order valence-electron chi connectivity index (χ2n) is 5.87. The van der Waals surface area contributed by atoms with Gasteiger partial charge in [-0.2, -0.15) is 0 Å². The molecule has 1 unspecified atom stereocenters. The minimum atomic E-state index is -0.998. The Hall–Kier alpha value is -2.00. The summed E-state index contributed by atoms with van der Waals surface area (Å²) in [5.41, 5.74) is 1.84. The predicted octanol–water partition coefficient (Wildman–Crippen LogP) is 3.19. The predicted molar refractivity (Wildman–Crippen MR) is 106 cm³/mol. The molecule has 2 atom stereocenters. The lowest BCUT2D eigenvalue weighted by atomic mass is 10.2. The first-order valence-electron chi connectivity index (χ1n) is 8.04.